The molecule has 1 aromatic heterocycles. The maximum atomic E-state index is 6.26. The Balaban J connectivity index is 2.18. The third kappa shape index (κ3) is 4.09. The second-order valence-electron chi connectivity index (χ2n) is 8.00. The van der Waals surface area contributed by atoms with Crippen molar-refractivity contribution in [2.45, 2.75) is 78.7 Å². The van der Waals surface area contributed by atoms with E-state index in [1.807, 2.05) is 6.92 Å². The van der Waals surface area contributed by atoms with E-state index in [0.29, 0.717) is 16.4 Å². The maximum absolute atomic E-state index is 6.26. The zero-order valence-electron chi connectivity index (χ0n) is 14.1. The van der Waals surface area contributed by atoms with E-state index >= 15 is 0 Å². The zero-order valence-corrected chi connectivity index (χ0v) is 14.8. The molecule has 21 heavy (non-hydrogen) atoms. The van der Waals surface area contributed by atoms with Gasteiger partial charge in [0.15, 0.2) is 0 Å². The Morgan fingerprint density at radius 3 is 2.24 bits per heavy atom. The molecule has 0 aromatic carbocycles. The average Bonchev–Trinajstić information content (AvgIpc) is 2.35. The fraction of sp³-hybridized carbons (Fsp3) is 0.765. The monoisotopic (exact) mass is 310 g/mol. The molecule has 1 aliphatic rings. The lowest BCUT2D eigenvalue weighted by Gasteiger charge is -2.34. The average molecular weight is 311 g/mol. The summed E-state index contributed by atoms with van der Waals surface area (Å²) >= 11 is 6.26. The van der Waals surface area contributed by atoms with Crippen LogP contribution in [0.4, 0.5) is 0 Å². The topological polar surface area (TPSA) is 35.0 Å². The number of hydrogen-bond donors (Lipinski definition) is 0. The molecule has 0 atom stereocenters. The van der Waals surface area contributed by atoms with Crippen molar-refractivity contribution in [2.24, 2.45) is 5.41 Å². The summed E-state index contributed by atoms with van der Waals surface area (Å²) in [6.07, 6.45) is 4.80. The van der Waals surface area contributed by atoms with Crippen LogP contribution in [0.2, 0.25) is 5.15 Å². The molecule has 3 nitrogen and oxygen atoms in total. The summed E-state index contributed by atoms with van der Waals surface area (Å²) in [5.41, 5.74) is 1.15. The molecule has 1 saturated carbocycles. The molecule has 0 bridgehead atoms. The predicted molar refractivity (Wildman–Crippen MR) is 87.1 cm³/mol. The van der Waals surface area contributed by atoms with Gasteiger partial charge in [-0.25, -0.2) is 4.98 Å². The number of aromatic nitrogens is 2. The number of ether oxygens (including phenoxy) is 1. The highest BCUT2D eigenvalue weighted by molar-refractivity contribution is 6.30. The molecular weight excluding hydrogens is 284 g/mol. The minimum Gasteiger partial charge on any atom is -0.474 e. The van der Waals surface area contributed by atoms with Crippen LogP contribution < -0.4 is 4.74 Å². The molecule has 0 N–H and O–H groups in total. The molecule has 0 unspecified atom stereocenters. The predicted octanol–water partition coefficient (Wildman–Crippen LogP) is 5.08. The third-order valence-corrected chi connectivity index (χ3v) is 4.65. The van der Waals surface area contributed by atoms with Crippen LogP contribution in [0.1, 0.15) is 71.7 Å². The normalized spacial score (nSPS) is 19.6. The van der Waals surface area contributed by atoms with Gasteiger partial charge in [-0.05, 0) is 38.0 Å². The SMILES string of the molecule is Cc1c(Cl)nc(C(C)(C)C)nc1OC1CCC(C)(C)CC1. The standard InChI is InChI=1S/C17H27ClN2O/c1-11-13(18)19-15(16(2,3)4)20-14(11)21-12-7-9-17(5,6)10-8-12/h12H,7-10H2,1-6H3. The quantitative estimate of drug-likeness (QED) is 0.714. The number of nitrogens with zero attached hydrogens (tertiary/aromatic N) is 2. The maximum Gasteiger partial charge on any atom is 0.221 e. The molecule has 118 valence electrons. The van der Waals surface area contributed by atoms with Gasteiger partial charge in [0.2, 0.25) is 5.88 Å². The van der Waals surface area contributed by atoms with Crippen molar-refractivity contribution in [3.63, 3.8) is 0 Å². The molecule has 1 fully saturated rings. The molecule has 2 rings (SSSR count). The van der Waals surface area contributed by atoms with Crippen molar-refractivity contribution >= 4 is 11.6 Å². The van der Waals surface area contributed by atoms with E-state index < -0.39 is 0 Å². The molecule has 1 heterocycles. The highest BCUT2D eigenvalue weighted by Gasteiger charge is 2.29. The van der Waals surface area contributed by atoms with Crippen molar-refractivity contribution in [3.8, 4) is 5.88 Å². The van der Waals surface area contributed by atoms with Crippen molar-refractivity contribution in [1.29, 1.82) is 0 Å². The smallest absolute Gasteiger partial charge is 0.221 e. The van der Waals surface area contributed by atoms with Crippen molar-refractivity contribution in [3.05, 3.63) is 16.5 Å². The van der Waals surface area contributed by atoms with E-state index in [1.54, 1.807) is 0 Å². The van der Waals surface area contributed by atoms with Crippen LogP contribution in [0.15, 0.2) is 0 Å². The second-order valence-corrected chi connectivity index (χ2v) is 8.36. The third-order valence-electron chi connectivity index (χ3n) is 4.28. The van der Waals surface area contributed by atoms with Crippen molar-refractivity contribution in [1.82, 2.24) is 9.97 Å². The molecule has 0 spiro atoms. The number of halogens is 1. The molecule has 1 aliphatic carbocycles. The molecule has 0 aliphatic heterocycles. The van der Waals surface area contributed by atoms with E-state index in [1.165, 1.54) is 12.8 Å². The largest absolute Gasteiger partial charge is 0.474 e. The van der Waals surface area contributed by atoms with Crippen LogP contribution in [-0.2, 0) is 5.41 Å². The van der Waals surface area contributed by atoms with Crippen molar-refractivity contribution in [2.75, 3.05) is 0 Å². The Kier molecular flexibility index (Phi) is 4.53. The molecule has 0 amide bonds. The van der Waals surface area contributed by atoms with Gasteiger partial charge in [-0.15, -0.1) is 0 Å². The summed E-state index contributed by atoms with van der Waals surface area (Å²) < 4.78 is 6.16. The van der Waals surface area contributed by atoms with Crippen LogP contribution in [-0.4, -0.2) is 16.1 Å². The van der Waals surface area contributed by atoms with E-state index in [0.717, 1.165) is 24.2 Å². The second kappa shape index (κ2) is 5.75. The Labute approximate surface area is 133 Å². The lowest BCUT2D eigenvalue weighted by molar-refractivity contribution is 0.0936. The zero-order chi connectivity index (χ0) is 15.8. The Morgan fingerprint density at radius 1 is 1.14 bits per heavy atom. The first-order chi connectivity index (χ1) is 9.58. The summed E-state index contributed by atoms with van der Waals surface area (Å²) in [6, 6.07) is 0. The van der Waals surface area contributed by atoms with E-state index in [-0.39, 0.29) is 11.5 Å². The minimum atomic E-state index is -0.135. The van der Waals surface area contributed by atoms with Crippen LogP contribution >= 0.6 is 11.6 Å². The van der Waals surface area contributed by atoms with Gasteiger partial charge >= 0.3 is 0 Å². The van der Waals surface area contributed by atoms with E-state index in [2.05, 4.69) is 44.6 Å². The number of hydrogen-bond acceptors (Lipinski definition) is 3. The summed E-state index contributed by atoms with van der Waals surface area (Å²) in [5.74, 6) is 1.40. The van der Waals surface area contributed by atoms with Gasteiger partial charge < -0.3 is 4.74 Å². The fourth-order valence-corrected chi connectivity index (χ4v) is 2.73. The lowest BCUT2D eigenvalue weighted by Crippen LogP contribution is -2.29. The van der Waals surface area contributed by atoms with Gasteiger partial charge in [0, 0.05) is 11.0 Å². The molecular formula is C17H27ClN2O. The highest BCUT2D eigenvalue weighted by atomic mass is 35.5. The van der Waals surface area contributed by atoms with Gasteiger partial charge in [-0.1, -0.05) is 46.2 Å². The van der Waals surface area contributed by atoms with E-state index in [9.17, 15) is 0 Å². The molecule has 4 heteroatoms. The first kappa shape index (κ1) is 16.5. The minimum absolute atomic E-state index is 0.135. The lowest BCUT2D eigenvalue weighted by atomic mass is 9.76. The highest BCUT2D eigenvalue weighted by Crippen LogP contribution is 2.37. The van der Waals surface area contributed by atoms with Crippen LogP contribution in [0.25, 0.3) is 0 Å². The Morgan fingerprint density at radius 2 is 1.71 bits per heavy atom. The van der Waals surface area contributed by atoms with Gasteiger partial charge in [-0.2, -0.15) is 4.98 Å². The van der Waals surface area contributed by atoms with E-state index in [4.69, 9.17) is 16.3 Å². The van der Waals surface area contributed by atoms with Crippen LogP contribution in [0, 0.1) is 12.3 Å². The Bertz CT molecular complexity index is 510. The summed E-state index contributed by atoms with van der Waals surface area (Å²) in [4.78, 5) is 9.01. The first-order valence-electron chi connectivity index (χ1n) is 7.80. The molecule has 0 radical (unpaired) electrons. The summed E-state index contributed by atoms with van der Waals surface area (Å²) in [7, 11) is 0. The Hall–Kier alpha value is -0.830. The van der Waals surface area contributed by atoms with Crippen molar-refractivity contribution < 1.29 is 4.74 Å². The molecule has 0 saturated heterocycles. The number of rotatable bonds is 2. The van der Waals surface area contributed by atoms with Crippen LogP contribution in [0.5, 0.6) is 5.88 Å². The fourth-order valence-electron chi connectivity index (χ4n) is 2.57. The van der Waals surface area contributed by atoms with Gasteiger partial charge in [0.25, 0.3) is 0 Å². The van der Waals surface area contributed by atoms with Gasteiger partial charge in [-0.3, -0.25) is 0 Å². The summed E-state index contributed by atoms with van der Waals surface area (Å²) in [6.45, 7) is 12.8. The van der Waals surface area contributed by atoms with Gasteiger partial charge in [0.1, 0.15) is 17.1 Å². The first-order valence-corrected chi connectivity index (χ1v) is 8.17. The van der Waals surface area contributed by atoms with Gasteiger partial charge in [0.05, 0.1) is 0 Å². The molecule has 1 aromatic rings. The van der Waals surface area contributed by atoms with Crippen LogP contribution in [0.3, 0.4) is 0 Å². The summed E-state index contributed by atoms with van der Waals surface area (Å²) in [5, 5.41) is 0.501.